The smallest absolute Gasteiger partial charge is 0.0931 e. The summed E-state index contributed by atoms with van der Waals surface area (Å²) in [5.41, 5.74) is 5.62. The van der Waals surface area contributed by atoms with Crippen LogP contribution < -0.4 is 0 Å². The second kappa shape index (κ2) is 9.15. The predicted octanol–water partition coefficient (Wildman–Crippen LogP) is 4.05. The molecule has 0 aliphatic rings. The molecule has 0 saturated heterocycles. The molecule has 0 amide bonds. The molecule has 1 N–H and O–H groups in total. The van der Waals surface area contributed by atoms with Gasteiger partial charge in [-0.3, -0.25) is 15.0 Å². The highest BCUT2D eigenvalue weighted by atomic mass is 14.9. The molecule has 4 rings (SSSR count). The van der Waals surface area contributed by atoms with Gasteiger partial charge in [-0.25, -0.2) is 4.98 Å². The van der Waals surface area contributed by atoms with Crippen molar-refractivity contribution in [2.24, 2.45) is 0 Å². The van der Waals surface area contributed by atoms with Gasteiger partial charge in [-0.1, -0.05) is 6.07 Å². The average molecular weight is 319 g/mol. The Hall–Kier alpha value is -3.08. The van der Waals surface area contributed by atoms with Gasteiger partial charge in [0.25, 0.3) is 0 Å². The van der Waals surface area contributed by atoms with Crippen LogP contribution in [-0.4, -0.2) is 24.9 Å². The Labute approximate surface area is 141 Å². The first-order chi connectivity index (χ1) is 11.6. The van der Waals surface area contributed by atoms with E-state index in [9.17, 15) is 0 Å². The van der Waals surface area contributed by atoms with E-state index in [1.807, 2.05) is 32.0 Å². The van der Waals surface area contributed by atoms with Crippen LogP contribution in [0.25, 0.3) is 11.0 Å². The Balaban J connectivity index is 0.000000134. The Morgan fingerprint density at radius 1 is 0.750 bits per heavy atom. The van der Waals surface area contributed by atoms with Crippen LogP contribution in [0.5, 0.6) is 0 Å². The monoisotopic (exact) mass is 319 g/mol. The van der Waals surface area contributed by atoms with Crippen molar-refractivity contribution in [2.75, 3.05) is 0 Å². The molecular formula is C19H21N5. The molecule has 0 atom stereocenters. The second-order valence-corrected chi connectivity index (χ2v) is 5.29. The van der Waals surface area contributed by atoms with Crippen molar-refractivity contribution in [1.29, 1.82) is 0 Å². The molecule has 0 spiro atoms. The van der Waals surface area contributed by atoms with Crippen LogP contribution >= 0.6 is 0 Å². The second-order valence-electron chi connectivity index (χ2n) is 5.29. The number of fused-ring (bicyclic) bond motifs is 1. The molecule has 0 aliphatic heterocycles. The Kier molecular flexibility index (Phi) is 6.58. The summed E-state index contributed by atoms with van der Waals surface area (Å²) >= 11 is 0. The molecule has 122 valence electrons. The lowest BCUT2D eigenvalue weighted by Crippen LogP contribution is -1.77. The van der Waals surface area contributed by atoms with Gasteiger partial charge in [-0.05, 0) is 56.2 Å². The molecule has 0 radical (unpaired) electrons. The zero-order valence-corrected chi connectivity index (χ0v) is 14.1. The molecule has 5 nitrogen and oxygen atoms in total. The molecule has 24 heavy (non-hydrogen) atoms. The highest BCUT2D eigenvalue weighted by Crippen LogP contribution is 2.09. The third kappa shape index (κ3) is 5.96. The zero-order valence-electron chi connectivity index (χ0n) is 14.1. The van der Waals surface area contributed by atoms with Gasteiger partial charge in [-0.15, -0.1) is 0 Å². The quantitative estimate of drug-likeness (QED) is 0.531. The fourth-order valence-electron chi connectivity index (χ4n) is 1.85. The van der Waals surface area contributed by atoms with E-state index in [-0.39, 0.29) is 0 Å². The van der Waals surface area contributed by atoms with Crippen LogP contribution in [0.3, 0.4) is 0 Å². The number of hydrogen-bond acceptors (Lipinski definition) is 4. The van der Waals surface area contributed by atoms with E-state index in [1.54, 1.807) is 37.3 Å². The van der Waals surface area contributed by atoms with E-state index in [0.717, 1.165) is 16.7 Å². The third-order valence-corrected chi connectivity index (χ3v) is 3.12. The largest absolute Gasteiger partial charge is 0.345 e. The molecular weight excluding hydrogens is 298 g/mol. The summed E-state index contributed by atoms with van der Waals surface area (Å²) in [6, 6.07) is 10.1. The van der Waals surface area contributed by atoms with Crippen molar-refractivity contribution in [2.45, 2.75) is 20.8 Å². The van der Waals surface area contributed by atoms with Gasteiger partial charge in [0.2, 0.25) is 0 Å². The first kappa shape index (κ1) is 17.3. The minimum Gasteiger partial charge on any atom is -0.345 e. The number of aryl methyl sites for hydroxylation is 3. The average Bonchev–Trinajstić information content (AvgIpc) is 3.05. The van der Waals surface area contributed by atoms with Crippen molar-refractivity contribution < 1.29 is 0 Å². The fraction of sp³-hybridized carbons (Fsp3) is 0.158. The standard InChI is InChI=1S/C8H8N2.C6H7N.C5H6N2/c1-6-2-3-7-8(4-6)10-5-9-7;1-6-2-4-7-5-3-6;1-5-4-6-2-3-7-5/h2-5H,1H3,(H,9,10);2-5H,1H3;2-4H,1H3. The zero-order chi connectivity index (χ0) is 17.2. The molecule has 0 fully saturated rings. The third-order valence-electron chi connectivity index (χ3n) is 3.12. The van der Waals surface area contributed by atoms with Crippen molar-refractivity contribution >= 4 is 11.0 Å². The number of nitrogens with zero attached hydrogens (tertiary/aromatic N) is 4. The summed E-state index contributed by atoms with van der Waals surface area (Å²) in [7, 11) is 0. The molecule has 3 heterocycles. The van der Waals surface area contributed by atoms with E-state index in [0.29, 0.717) is 0 Å². The van der Waals surface area contributed by atoms with E-state index in [2.05, 4.69) is 44.0 Å². The first-order valence-corrected chi connectivity index (χ1v) is 7.64. The predicted molar refractivity (Wildman–Crippen MR) is 96.6 cm³/mol. The molecule has 4 aromatic rings. The lowest BCUT2D eigenvalue weighted by molar-refractivity contribution is 1.12. The van der Waals surface area contributed by atoms with E-state index >= 15 is 0 Å². The van der Waals surface area contributed by atoms with Crippen LogP contribution in [0.1, 0.15) is 16.8 Å². The molecule has 0 aliphatic carbocycles. The van der Waals surface area contributed by atoms with Gasteiger partial charge < -0.3 is 4.98 Å². The van der Waals surface area contributed by atoms with E-state index in [1.165, 1.54) is 11.1 Å². The molecule has 0 saturated carbocycles. The number of pyridine rings is 1. The number of imidazole rings is 1. The Morgan fingerprint density at radius 2 is 1.54 bits per heavy atom. The number of aromatic nitrogens is 5. The summed E-state index contributed by atoms with van der Waals surface area (Å²) in [6.07, 6.45) is 10.3. The van der Waals surface area contributed by atoms with Crippen LogP contribution in [0.15, 0.2) is 67.6 Å². The molecule has 0 unspecified atom stereocenters. The maximum atomic E-state index is 4.10. The molecule has 0 bridgehead atoms. The molecule has 1 aromatic carbocycles. The number of H-pyrrole nitrogens is 1. The molecule has 5 heteroatoms. The minimum absolute atomic E-state index is 0.961. The summed E-state index contributed by atoms with van der Waals surface area (Å²) < 4.78 is 0. The van der Waals surface area contributed by atoms with Gasteiger partial charge in [0.15, 0.2) is 0 Å². The van der Waals surface area contributed by atoms with Crippen molar-refractivity contribution in [3.63, 3.8) is 0 Å². The maximum Gasteiger partial charge on any atom is 0.0931 e. The Bertz CT molecular complexity index is 804. The van der Waals surface area contributed by atoms with Gasteiger partial charge in [0, 0.05) is 31.0 Å². The summed E-state index contributed by atoms with van der Waals surface area (Å²) in [5.74, 6) is 0. The van der Waals surface area contributed by atoms with Gasteiger partial charge in [0.05, 0.1) is 23.1 Å². The first-order valence-electron chi connectivity index (χ1n) is 7.64. The van der Waals surface area contributed by atoms with Crippen molar-refractivity contribution in [1.82, 2.24) is 24.9 Å². The van der Waals surface area contributed by atoms with Gasteiger partial charge >= 0.3 is 0 Å². The van der Waals surface area contributed by atoms with E-state index < -0.39 is 0 Å². The number of aromatic amines is 1. The lowest BCUT2D eigenvalue weighted by atomic mass is 10.2. The number of rotatable bonds is 0. The summed E-state index contributed by atoms with van der Waals surface area (Å²) in [4.78, 5) is 18.7. The van der Waals surface area contributed by atoms with Gasteiger partial charge in [-0.2, -0.15) is 0 Å². The molecule has 3 aromatic heterocycles. The van der Waals surface area contributed by atoms with Crippen LogP contribution in [0, 0.1) is 20.8 Å². The van der Waals surface area contributed by atoms with Crippen molar-refractivity contribution in [3.8, 4) is 0 Å². The topological polar surface area (TPSA) is 67.3 Å². The summed E-state index contributed by atoms with van der Waals surface area (Å²) in [6.45, 7) is 6.02. The van der Waals surface area contributed by atoms with Crippen molar-refractivity contribution in [3.05, 3.63) is 84.5 Å². The fourth-order valence-corrected chi connectivity index (χ4v) is 1.85. The van der Waals surface area contributed by atoms with Crippen LogP contribution in [0.2, 0.25) is 0 Å². The minimum atomic E-state index is 0.961. The normalized spacial score (nSPS) is 9.46. The summed E-state index contributed by atoms with van der Waals surface area (Å²) in [5, 5.41) is 0. The highest BCUT2D eigenvalue weighted by Gasteiger charge is 1.92. The SMILES string of the molecule is Cc1ccc2nc[nH]c2c1.Cc1ccncc1.Cc1cnccn1. The number of benzene rings is 1. The van der Waals surface area contributed by atoms with Gasteiger partial charge in [0.1, 0.15) is 0 Å². The van der Waals surface area contributed by atoms with E-state index in [4.69, 9.17) is 0 Å². The maximum absolute atomic E-state index is 4.10. The number of hydrogen-bond donors (Lipinski definition) is 1. The Morgan fingerprint density at radius 3 is 2.08 bits per heavy atom. The highest BCUT2D eigenvalue weighted by molar-refractivity contribution is 5.74. The van der Waals surface area contributed by atoms with Crippen LogP contribution in [-0.2, 0) is 0 Å². The lowest BCUT2D eigenvalue weighted by Gasteiger charge is -1.89. The number of nitrogens with one attached hydrogen (secondary N) is 1. The van der Waals surface area contributed by atoms with Crippen LogP contribution in [0.4, 0.5) is 0 Å².